The van der Waals surface area contributed by atoms with E-state index in [1.54, 1.807) is 0 Å². The van der Waals surface area contributed by atoms with Crippen LogP contribution in [0.25, 0.3) is 5.82 Å². The van der Waals surface area contributed by atoms with Crippen molar-refractivity contribution >= 4 is 0 Å². The van der Waals surface area contributed by atoms with Crippen LogP contribution in [0.3, 0.4) is 0 Å². The van der Waals surface area contributed by atoms with Gasteiger partial charge in [0.1, 0.15) is 0 Å². The summed E-state index contributed by atoms with van der Waals surface area (Å²) in [5.74, 6) is 0.779. The summed E-state index contributed by atoms with van der Waals surface area (Å²) in [5, 5.41) is 16.2. The van der Waals surface area contributed by atoms with Gasteiger partial charge in [0.25, 0.3) is 0 Å². The average molecular weight is 259 g/mol. The number of nitrogens with one attached hydrogen (secondary N) is 1. The molecule has 2 aromatic heterocycles. The van der Waals surface area contributed by atoms with Gasteiger partial charge in [0.2, 0.25) is 0 Å². The predicted molar refractivity (Wildman–Crippen MR) is 75.6 cm³/mol. The minimum atomic E-state index is 0.779. The molecule has 0 bridgehead atoms. The van der Waals surface area contributed by atoms with Crippen LogP contribution in [0.15, 0.2) is 12.1 Å². The van der Waals surface area contributed by atoms with Gasteiger partial charge in [-0.15, -0.1) is 5.10 Å². The van der Waals surface area contributed by atoms with Crippen LogP contribution in [-0.2, 0) is 6.42 Å². The molecule has 0 amide bonds. The van der Waals surface area contributed by atoms with Crippen molar-refractivity contribution in [1.82, 2.24) is 25.3 Å². The van der Waals surface area contributed by atoms with Crippen molar-refractivity contribution in [3.63, 3.8) is 0 Å². The lowest BCUT2D eigenvalue weighted by molar-refractivity contribution is 0.712. The van der Waals surface area contributed by atoms with E-state index in [1.165, 1.54) is 5.56 Å². The second-order valence-electron chi connectivity index (χ2n) is 4.70. The Bertz CT molecular complexity index is 542. The molecular formula is C14H21N5. The maximum Gasteiger partial charge on any atom is 0.175 e. The highest BCUT2D eigenvalue weighted by molar-refractivity contribution is 5.32. The Kier molecular flexibility index (Phi) is 4.27. The molecule has 0 spiro atoms. The fourth-order valence-corrected chi connectivity index (χ4v) is 2.15. The number of hydrogen-bond acceptors (Lipinski definition) is 4. The van der Waals surface area contributed by atoms with Crippen molar-refractivity contribution in [1.29, 1.82) is 0 Å². The SMILES string of the molecule is CCNCCc1c(C)nn(-c2ccc(C)nn2)c1C. The Morgan fingerprint density at radius 3 is 2.58 bits per heavy atom. The van der Waals surface area contributed by atoms with Crippen molar-refractivity contribution in [3.8, 4) is 5.82 Å². The quantitative estimate of drug-likeness (QED) is 0.831. The summed E-state index contributed by atoms with van der Waals surface area (Å²) in [6.45, 7) is 10.2. The maximum absolute atomic E-state index is 4.58. The van der Waals surface area contributed by atoms with E-state index < -0.39 is 0 Å². The first-order valence-electron chi connectivity index (χ1n) is 6.70. The van der Waals surface area contributed by atoms with E-state index in [9.17, 15) is 0 Å². The van der Waals surface area contributed by atoms with E-state index in [2.05, 4.69) is 34.5 Å². The lowest BCUT2D eigenvalue weighted by Crippen LogP contribution is -2.16. The van der Waals surface area contributed by atoms with Crippen LogP contribution in [0.5, 0.6) is 0 Å². The van der Waals surface area contributed by atoms with Crippen molar-refractivity contribution in [2.75, 3.05) is 13.1 Å². The minimum Gasteiger partial charge on any atom is -0.317 e. The molecule has 5 heteroatoms. The molecule has 0 aromatic carbocycles. The van der Waals surface area contributed by atoms with Crippen LogP contribution < -0.4 is 5.32 Å². The highest BCUT2D eigenvalue weighted by Crippen LogP contribution is 2.16. The van der Waals surface area contributed by atoms with Gasteiger partial charge in [0, 0.05) is 5.69 Å². The van der Waals surface area contributed by atoms with Crippen LogP contribution in [-0.4, -0.2) is 33.1 Å². The lowest BCUT2D eigenvalue weighted by atomic mass is 10.1. The van der Waals surface area contributed by atoms with Gasteiger partial charge < -0.3 is 5.32 Å². The first-order valence-corrected chi connectivity index (χ1v) is 6.70. The zero-order valence-corrected chi connectivity index (χ0v) is 12.1. The summed E-state index contributed by atoms with van der Waals surface area (Å²) in [4.78, 5) is 0. The van der Waals surface area contributed by atoms with E-state index in [1.807, 2.05) is 30.7 Å². The summed E-state index contributed by atoms with van der Waals surface area (Å²) >= 11 is 0. The van der Waals surface area contributed by atoms with Crippen LogP contribution in [0.2, 0.25) is 0 Å². The third-order valence-corrected chi connectivity index (χ3v) is 3.24. The summed E-state index contributed by atoms with van der Waals surface area (Å²) in [7, 11) is 0. The topological polar surface area (TPSA) is 55.6 Å². The Morgan fingerprint density at radius 2 is 1.95 bits per heavy atom. The molecule has 19 heavy (non-hydrogen) atoms. The molecule has 2 heterocycles. The van der Waals surface area contributed by atoms with E-state index in [4.69, 9.17) is 0 Å². The molecule has 2 aromatic rings. The zero-order valence-electron chi connectivity index (χ0n) is 12.1. The molecular weight excluding hydrogens is 238 g/mol. The van der Waals surface area contributed by atoms with Crippen LogP contribution in [0.1, 0.15) is 29.6 Å². The Balaban J connectivity index is 2.27. The number of likely N-dealkylation sites (N-methyl/N-ethyl adjacent to an activating group) is 1. The van der Waals surface area contributed by atoms with Gasteiger partial charge in [-0.25, -0.2) is 4.68 Å². The molecule has 0 fully saturated rings. The van der Waals surface area contributed by atoms with Crippen molar-refractivity contribution in [3.05, 3.63) is 34.8 Å². The second kappa shape index (κ2) is 5.93. The van der Waals surface area contributed by atoms with Gasteiger partial charge in [0.15, 0.2) is 5.82 Å². The first-order chi connectivity index (χ1) is 9.13. The first kappa shape index (κ1) is 13.7. The summed E-state index contributed by atoms with van der Waals surface area (Å²) in [5.41, 5.74) is 4.42. The number of rotatable bonds is 5. The van der Waals surface area contributed by atoms with E-state index in [0.717, 1.165) is 42.4 Å². The molecule has 1 N–H and O–H groups in total. The largest absolute Gasteiger partial charge is 0.317 e. The molecule has 0 saturated heterocycles. The molecule has 5 nitrogen and oxygen atoms in total. The van der Waals surface area contributed by atoms with Gasteiger partial charge in [-0.1, -0.05) is 6.92 Å². The summed E-state index contributed by atoms with van der Waals surface area (Å²) in [6, 6.07) is 3.91. The van der Waals surface area contributed by atoms with E-state index in [-0.39, 0.29) is 0 Å². The standard InChI is InChI=1S/C14H21N5/c1-5-15-9-8-13-11(3)18-19(12(13)4)14-7-6-10(2)16-17-14/h6-7,15H,5,8-9H2,1-4H3. The molecule has 0 unspecified atom stereocenters. The number of aromatic nitrogens is 4. The van der Waals surface area contributed by atoms with Crippen LogP contribution >= 0.6 is 0 Å². The minimum absolute atomic E-state index is 0.779. The Labute approximate surface area is 114 Å². The Hall–Kier alpha value is -1.75. The molecule has 0 aliphatic rings. The molecule has 0 saturated carbocycles. The normalized spacial score (nSPS) is 10.9. The fraction of sp³-hybridized carbons (Fsp3) is 0.500. The monoisotopic (exact) mass is 259 g/mol. The van der Waals surface area contributed by atoms with E-state index >= 15 is 0 Å². The highest BCUT2D eigenvalue weighted by atomic mass is 15.3. The average Bonchev–Trinajstić information content (AvgIpc) is 2.68. The zero-order chi connectivity index (χ0) is 13.8. The Morgan fingerprint density at radius 1 is 1.16 bits per heavy atom. The molecule has 0 aliphatic carbocycles. The summed E-state index contributed by atoms with van der Waals surface area (Å²) in [6.07, 6.45) is 0.991. The van der Waals surface area contributed by atoms with Crippen molar-refractivity contribution in [2.24, 2.45) is 0 Å². The second-order valence-corrected chi connectivity index (χ2v) is 4.70. The molecule has 2 rings (SSSR count). The molecule has 0 aliphatic heterocycles. The lowest BCUT2D eigenvalue weighted by Gasteiger charge is -2.04. The smallest absolute Gasteiger partial charge is 0.175 e. The van der Waals surface area contributed by atoms with Gasteiger partial charge in [-0.2, -0.15) is 10.2 Å². The molecule has 0 atom stereocenters. The maximum atomic E-state index is 4.58. The number of aryl methyl sites for hydroxylation is 2. The van der Waals surface area contributed by atoms with Crippen molar-refractivity contribution in [2.45, 2.75) is 34.1 Å². The van der Waals surface area contributed by atoms with Gasteiger partial charge in [-0.05, 0) is 58.0 Å². The van der Waals surface area contributed by atoms with Crippen molar-refractivity contribution < 1.29 is 0 Å². The van der Waals surface area contributed by atoms with Crippen LogP contribution in [0.4, 0.5) is 0 Å². The van der Waals surface area contributed by atoms with Gasteiger partial charge in [0.05, 0.1) is 11.4 Å². The van der Waals surface area contributed by atoms with E-state index in [0.29, 0.717) is 0 Å². The van der Waals surface area contributed by atoms with Gasteiger partial charge >= 0.3 is 0 Å². The van der Waals surface area contributed by atoms with Gasteiger partial charge in [-0.3, -0.25) is 0 Å². The van der Waals surface area contributed by atoms with Crippen LogP contribution in [0, 0.1) is 20.8 Å². The molecule has 102 valence electrons. The predicted octanol–water partition coefficient (Wildman–Crippen LogP) is 1.74. The fourth-order valence-electron chi connectivity index (χ4n) is 2.15. The highest BCUT2D eigenvalue weighted by Gasteiger charge is 2.13. The third kappa shape index (κ3) is 2.98. The number of nitrogens with zero attached hydrogens (tertiary/aromatic N) is 4. The molecule has 0 radical (unpaired) electrons. The number of hydrogen-bond donors (Lipinski definition) is 1. The summed E-state index contributed by atoms with van der Waals surface area (Å²) < 4.78 is 1.88. The third-order valence-electron chi connectivity index (χ3n) is 3.24.